The molecule has 0 radical (unpaired) electrons. The number of rotatable bonds is 2. The molecule has 0 aliphatic rings. The van der Waals surface area contributed by atoms with Crippen molar-refractivity contribution in [3.05, 3.63) is 47.1 Å². The third kappa shape index (κ3) is 1.74. The van der Waals surface area contributed by atoms with Gasteiger partial charge in [0, 0.05) is 22.5 Å². The van der Waals surface area contributed by atoms with Crippen LogP contribution in [0, 0.1) is 5.82 Å². The van der Waals surface area contributed by atoms with Gasteiger partial charge in [-0.2, -0.15) is 0 Å². The molecule has 0 bridgehead atoms. The van der Waals surface area contributed by atoms with Gasteiger partial charge in [0.2, 0.25) is 0 Å². The topological polar surface area (TPSA) is 41.8 Å². The molecule has 0 spiro atoms. The summed E-state index contributed by atoms with van der Waals surface area (Å²) in [5.41, 5.74) is 8.95. The molecule has 2 heterocycles. The van der Waals surface area contributed by atoms with E-state index in [0.717, 1.165) is 27.0 Å². The van der Waals surface area contributed by atoms with Crippen LogP contribution in [0.2, 0.25) is 0 Å². The van der Waals surface area contributed by atoms with Crippen molar-refractivity contribution >= 4 is 22.2 Å². The number of nitrogens with one attached hydrogen (secondary N) is 1. The van der Waals surface area contributed by atoms with Gasteiger partial charge in [-0.1, -0.05) is 6.07 Å². The number of benzene rings is 1. The molecule has 1 aromatic carbocycles. The normalized spacial score (nSPS) is 13.1. The zero-order valence-electron chi connectivity index (χ0n) is 9.91. The van der Waals surface area contributed by atoms with Gasteiger partial charge in [0.15, 0.2) is 0 Å². The summed E-state index contributed by atoms with van der Waals surface area (Å²) < 4.78 is 13.4. The Balaban J connectivity index is 2.35. The number of halogens is 1. The Morgan fingerprint density at radius 1 is 1.33 bits per heavy atom. The summed E-state index contributed by atoms with van der Waals surface area (Å²) in [7, 11) is 0. The number of hydrogen-bond donors (Lipinski definition) is 2. The minimum Gasteiger partial charge on any atom is -0.354 e. The summed E-state index contributed by atoms with van der Waals surface area (Å²) in [4.78, 5) is 4.46. The number of aromatic amines is 1. The first-order chi connectivity index (χ1) is 8.66. The van der Waals surface area contributed by atoms with Crippen LogP contribution in [0.25, 0.3) is 21.5 Å². The van der Waals surface area contributed by atoms with Gasteiger partial charge in [-0.05, 0) is 36.6 Å². The number of thiophene rings is 1. The molecule has 3 rings (SSSR count). The predicted molar refractivity (Wildman–Crippen MR) is 74.2 cm³/mol. The average Bonchev–Trinajstić information content (AvgIpc) is 2.94. The molecular weight excluding hydrogens is 247 g/mol. The van der Waals surface area contributed by atoms with Crippen molar-refractivity contribution < 1.29 is 4.39 Å². The number of hydrogen-bond acceptors (Lipinski definition) is 2. The molecule has 18 heavy (non-hydrogen) atoms. The van der Waals surface area contributed by atoms with Crippen LogP contribution in [-0.4, -0.2) is 4.98 Å². The van der Waals surface area contributed by atoms with Gasteiger partial charge in [0.05, 0.1) is 10.6 Å². The lowest BCUT2D eigenvalue weighted by molar-refractivity contribution is 0.629. The second-order valence-electron chi connectivity index (χ2n) is 4.37. The fourth-order valence-electron chi connectivity index (χ4n) is 2.27. The summed E-state index contributed by atoms with van der Waals surface area (Å²) in [6.45, 7) is 1.92. The molecule has 2 aromatic heterocycles. The van der Waals surface area contributed by atoms with Crippen molar-refractivity contribution in [1.29, 1.82) is 0 Å². The smallest absolute Gasteiger partial charge is 0.123 e. The summed E-state index contributed by atoms with van der Waals surface area (Å²) in [5.74, 6) is -0.235. The molecule has 3 N–H and O–H groups in total. The van der Waals surface area contributed by atoms with E-state index in [9.17, 15) is 4.39 Å². The van der Waals surface area contributed by atoms with E-state index in [-0.39, 0.29) is 11.9 Å². The maximum absolute atomic E-state index is 13.4. The van der Waals surface area contributed by atoms with Gasteiger partial charge in [-0.25, -0.2) is 4.39 Å². The Bertz CT molecular complexity index is 683. The molecule has 0 fully saturated rings. The fraction of sp³-hybridized carbons (Fsp3) is 0.143. The molecule has 3 aromatic rings. The lowest BCUT2D eigenvalue weighted by Crippen LogP contribution is -2.05. The second-order valence-corrected chi connectivity index (χ2v) is 5.32. The number of aromatic nitrogens is 1. The first kappa shape index (κ1) is 11.4. The highest BCUT2D eigenvalue weighted by molar-refractivity contribution is 7.13. The van der Waals surface area contributed by atoms with Crippen LogP contribution in [-0.2, 0) is 0 Å². The minimum absolute atomic E-state index is 0.141. The van der Waals surface area contributed by atoms with Crippen molar-refractivity contribution in [1.82, 2.24) is 4.98 Å². The van der Waals surface area contributed by atoms with Crippen LogP contribution in [0.1, 0.15) is 18.5 Å². The van der Waals surface area contributed by atoms with Gasteiger partial charge in [-0.15, -0.1) is 11.3 Å². The van der Waals surface area contributed by atoms with Crippen molar-refractivity contribution in [3.63, 3.8) is 0 Å². The van der Waals surface area contributed by atoms with E-state index in [4.69, 9.17) is 5.73 Å². The van der Waals surface area contributed by atoms with Crippen molar-refractivity contribution in [2.45, 2.75) is 13.0 Å². The summed E-state index contributed by atoms with van der Waals surface area (Å²) in [6.07, 6.45) is 0. The summed E-state index contributed by atoms with van der Waals surface area (Å²) >= 11 is 1.65. The van der Waals surface area contributed by atoms with Crippen LogP contribution < -0.4 is 5.73 Å². The molecule has 1 atom stereocenters. The molecule has 0 aliphatic heterocycles. The highest BCUT2D eigenvalue weighted by Gasteiger charge is 2.17. The van der Waals surface area contributed by atoms with E-state index in [1.807, 2.05) is 24.4 Å². The fourth-order valence-corrected chi connectivity index (χ4v) is 3.01. The average molecular weight is 260 g/mol. The molecule has 0 amide bonds. The summed E-state index contributed by atoms with van der Waals surface area (Å²) in [6, 6.07) is 8.66. The molecule has 4 heteroatoms. The lowest BCUT2D eigenvalue weighted by atomic mass is 10.0. The van der Waals surface area contributed by atoms with E-state index in [0.29, 0.717) is 0 Å². The molecule has 2 nitrogen and oxygen atoms in total. The third-order valence-corrected chi connectivity index (χ3v) is 3.91. The predicted octanol–water partition coefficient (Wildman–Crippen LogP) is 4.06. The van der Waals surface area contributed by atoms with E-state index >= 15 is 0 Å². The highest BCUT2D eigenvalue weighted by Crippen LogP contribution is 2.36. The van der Waals surface area contributed by atoms with Crippen LogP contribution in [0.4, 0.5) is 4.39 Å². The van der Waals surface area contributed by atoms with Crippen LogP contribution >= 0.6 is 11.3 Å². The highest BCUT2D eigenvalue weighted by atomic mass is 32.1. The van der Waals surface area contributed by atoms with Gasteiger partial charge >= 0.3 is 0 Å². The van der Waals surface area contributed by atoms with Gasteiger partial charge in [-0.3, -0.25) is 0 Å². The maximum Gasteiger partial charge on any atom is 0.123 e. The maximum atomic E-state index is 13.4. The summed E-state index contributed by atoms with van der Waals surface area (Å²) in [5, 5.41) is 2.89. The number of fused-ring (bicyclic) bond motifs is 1. The molecule has 1 unspecified atom stereocenters. The van der Waals surface area contributed by atoms with Crippen molar-refractivity contribution in [2.24, 2.45) is 5.73 Å². The van der Waals surface area contributed by atoms with Crippen molar-refractivity contribution in [2.75, 3.05) is 0 Å². The quantitative estimate of drug-likeness (QED) is 0.717. The monoisotopic (exact) mass is 260 g/mol. The third-order valence-electron chi connectivity index (χ3n) is 3.02. The minimum atomic E-state index is -0.235. The first-order valence-electron chi connectivity index (χ1n) is 5.77. The zero-order valence-corrected chi connectivity index (χ0v) is 10.7. The molecular formula is C14H13FN2S. The second kappa shape index (κ2) is 4.23. The molecule has 0 saturated heterocycles. The van der Waals surface area contributed by atoms with Crippen LogP contribution in [0.3, 0.4) is 0 Å². The molecule has 92 valence electrons. The Morgan fingerprint density at radius 2 is 2.17 bits per heavy atom. The largest absolute Gasteiger partial charge is 0.354 e. The van der Waals surface area contributed by atoms with E-state index in [1.165, 1.54) is 6.07 Å². The first-order valence-corrected chi connectivity index (χ1v) is 6.65. The SMILES string of the molecule is CC(N)c1c(-c2cccs2)[nH]c2ccc(F)cc12. The Labute approximate surface area is 108 Å². The Morgan fingerprint density at radius 3 is 2.83 bits per heavy atom. The zero-order chi connectivity index (χ0) is 12.7. The Kier molecular flexibility index (Phi) is 2.69. The van der Waals surface area contributed by atoms with Gasteiger partial charge in [0.1, 0.15) is 5.82 Å². The van der Waals surface area contributed by atoms with Crippen LogP contribution in [0.15, 0.2) is 35.7 Å². The van der Waals surface area contributed by atoms with Gasteiger partial charge in [0.25, 0.3) is 0 Å². The van der Waals surface area contributed by atoms with E-state index in [1.54, 1.807) is 23.5 Å². The standard InChI is InChI=1S/C14H13FN2S/c1-8(16)13-10-7-9(15)4-5-11(10)17-14(13)12-3-2-6-18-12/h2-8,17H,16H2,1H3. The van der Waals surface area contributed by atoms with Crippen molar-refractivity contribution in [3.8, 4) is 10.6 Å². The number of nitrogens with two attached hydrogens (primary N) is 1. The lowest BCUT2D eigenvalue weighted by Gasteiger charge is -2.06. The van der Waals surface area contributed by atoms with E-state index < -0.39 is 0 Å². The Hall–Kier alpha value is -1.65. The van der Waals surface area contributed by atoms with E-state index in [2.05, 4.69) is 4.98 Å². The number of H-pyrrole nitrogens is 1. The van der Waals surface area contributed by atoms with Gasteiger partial charge < -0.3 is 10.7 Å². The molecule has 0 saturated carbocycles. The van der Waals surface area contributed by atoms with Crippen LogP contribution in [0.5, 0.6) is 0 Å². The molecule has 0 aliphatic carbocycles.